The molecule has 2 aliphatic heterocycles. The van der Waals surface area contributed by atoms with E-state index in [1.165, 1.54) is 0 Å². The molecule has 4 rings (SSSR count). The molecule has 0 unspecified atom stereocenters. The molecule has 0 spiro atoms. The quantitative estimate of drug-likeness (QED) is 0.770. The fourth-order valence-electron chi connectivity index (χ4n) is 4.13. The van der Waals surface area contributed by atoms with E-state index in [9.17, 15) is 4.79 Å². The Labute approximate surface area is 164 Å². The second kappa shape index (κ2) is 7.41. The number of ether oxygens (including phenoxy) is 2. The molecule has 5 nitrogen and oxygen atoms in total. The fourth-order valence-corrected chi connectivity index (χ4v) is 4.32. The first kappa shape index (κ1) is 18.1. The van der Waals surface area contributed by atoms with Crippen molar-refractivity contribution in [3.05, 3.63) is 53.1 Å². The SMILES string of the molecule is CCOc1ccc([C@H]2N(c3cccc(Cl)c3)C(=O)[C@@H]3CCCN32)cc1OC. The second-order valence-corrected chi connectivity index (χ2v) is 7.24. The number of carbonyl (C=O) groups is 1. The minimum absolute atomic E-state index is 0.0773. The zero-order chi connectivity index (χ0) is 19.0. The van der Waals surface area contributed by atoms with E-state index in [0.717, 1.165) is 30.6 Å². The molecule has 2 heterocycles. The third-order valence-corrected chi connectivity index (χ3v) is 5.48. The normalized spacial score (nSPS) is 22.2. The lowest BCUT2D eigenvalue weighted by molar-refractivity contribution is -0.119. The Morgan fingerprint density at radius 1 is 1.19 bits per heavy atom. The molecule has 2 atom stereocenters. The van der Waals surface area contributed by atoms with E-state index in [1.54, 1.807) is 7.11 Å². The lowest BCUT2D eigenvalue weighted by Gasteiger charge is -2.30. The molecule has 0 aromatic heterocycles. The van der Waals surface area contributed by atoms with E-state index >= 15 is 0 Å². The minimum atomic E-state index is -0.173. The summed E-state index contributed by atoms with van der Waals surface area (Å²) in [7, 11) is 1.63. The molecule has 0 aliphatic carbocycles. The van der Waals surface area contributed by atoms with Gasteiger partial charge >= 0.3 is 0 Å². The van der Waals surface area contributed by atoms with Gasteiger partial charge in [0.05, 0.1) is 19.8 Å². The standard InChI is InChI=1S/C21H23ClN2O3/c1-3-27-18-10-9-14(12-19(18)26-2)20-23-11-5-8-17(23)21(25)24(20)16-7-4-6-15(22)13-16/h4,6-7,9-10,12-13,17,20H,3,5,8,11H2,1-2H3/t17-,20+/m0/s1. The number of anilines is 1. The fraction of sp³-hybridized carbons (Fsp3) is 0.381. The molecule has 2 saturated heterocycles. The maximum absolute atomic E-state index is 13.2. The van der Waals surface area contributed by atoms with Crippen molar-refractivity contribution in [2.24, 2.45) is 0 Å². The first-order chi connectivity index (χ1) is 13.1. The molecule has 2 aromatic rings. The number of fused-ring (bicyclic) bond motifs is 1. The van der Waals surface area contributed by atoms with Crippen LogP contribution in [0.5, 0.6) is 11.5 Å². The Morgan fingerprint density at radius 2 is 2.04 bits per heavy atom. The van der Waals surface area contributed by atoms with Gasteiger partial charge in [0.15, 0.2) is 11.5 Å². The Hall–Kier alpha value is -2.24. The van der Waals surface area contributed by atoms with Crippen LogP contribution >= 0.6 is 11.6 Å². The summed E-state index contributed by atoms with van der Waals surface area (Å²) < 4.78 is 11.2. The van der Waals surface area contributed by atoms with Crippen LogP contribution in [0.15, 0.2) is 42.5 Å². The van der Waals surface area contributed by atoms with E-state index in [1.807, 2.05) is 54.3 Å². The van der Waals surface area contributed by atoms with Gasteiger partial charge in [0, 0.05) is 17.3 Å². The number of rotatable bonds is 5. The topological polar surface area (TPSA) is 42.0 Å². The van der Waals surface area contributed by atoms with Crippen LogP contribution in [0.2, 0.25) is 5.02 Å². The summed E-state index contributed by atoms with van der Waals surface area (Å²) in [6.45, 7) is 3.41. The molecule has 0 bridgehead atoms. The highest BCUT2D eigenvalue weighted by Crippen LogP contribution is 2.44. The average Bonchev–Trinajstić information content (AvgIpc) is 3.24. The highest BCUT2D eigenvalue weighted by atomic mass is 35.5. The van der Waals surface area contributed by atoms with E-state index in [4.69, 9.17) is 21.1 Å². The number of carbonyl (C=O) groups excluding carboxylic acids is 1. The van der Waals surface area contributed by atoms with E-state index in [0.29, 0.717) is 23.1 Å². The van der Waals surface area contributed by atoms with Crippen LogP contribution < -0.4 is 14.4 Å². The van der Waals surface area contributed by atoms with E-state index in [-0.39, 0.29) is 18.1 Å². The molecule has 0 saturated carbocycles. The van der Waals surface area contributed by atoms with Gasteiger partial charge in [0.1, 0.15) is 6.17 Å². The maximum Gasteiger partial charge on any atom is 0.246 e. The highest BCUT2D eigenvalue weighted by Gasteiger charge is 2.49. The van der Waals surface area contributed by atoms with Gasteiger partial charge in [-0.1, -0.05) is 23.7 Å². The Morgan fingerprint density at radius 3 is 2.78 bits per heavy atom. The number of halogens is 1. The highest BCUT2D eigenvalue weighted by molar-refractivity contribution is 6.31. The number of hydrogen-bond acceptors (Lipinski definition) is 4. The first-order valence-corrected chi connectivity index (χ1v) is 9.67. The summed E-state index contributed by atoms with van der Waals surface area (Å²) in [4.78, 5) is 17.3. The molecule has 2 fully saturated rings. The summed E-state index contributed by atoms with van der Waals surface area (Å²) >= 11 is 6.20. The number of methoxy groups -OCH3 is 1. The molecular formula is C21H23ClN2O3. The maximum atomic E-state index is 13.2. The van der Waals surface area contributed by atoms with Gasteiger partial charge in [-0.05, 0) is 55.7 Å². The van der Waals surface area contributed by atoms with Crippen molar-refractivity contribution in [1.82, 2.24) is 4.90 Å². The van der Waals surface area contributed by atoms with Crippen LogP contribution in [-0.4, -0.2) is 37.1 Å². The molecule has 142 valence electrons. The first-order valence-electron chi connectivity index (χ1n) is 9.29. The predicted molar refractivity (Wildman–Crippen MR) is 106 cm³/mol. The average molecular weight is 387 g/mol. The number of nitrogens with zero attached hydrogens (tertiary/aromatic N) is 2. The monoisotopic (exact) mass is 386 g/mol. The van der Waals surface area contributed by atoms with Crippen LogP contribution in [0, 0.1) is 0 Å². The van der Waals surface area contributed by atoms with Gasteiger partial charge in [-0.2, -0.15) is 0 Å². The second-order valence-electron chi connectivity index (χ2n) is 6.80. The van der Waals surface area contributed by atoms with Gasteiger partial charge in [-0.25, -0.2) is 0 Å². The van der Waals surface area contributed by atoms with E-state index < -0.39 is 0 Å². The van der Waals surface area contributed by atoms with Crippen molar-refractivity contribution in [3.63, 3.8) is 0 Å². The van der Waals surface area contributed by atoms with Crippen LogP contribution in [0.4, 0.5) is 5.69 Å². The zero-order valence-corrected chi connectivity index (χ0v) is 16.3. The summed E-state index contributed by atoms with van der Waals surface area (Å²) in [5, 5.41) is 0.621. The molecule has 6 heteroatoms. The van der Waals surface area contributed by atoms with Gasteiger partial charge in [-0.15, -0.1) is 0 Å². The number of benzene rings is 2. The van der Waals surface area contributed by atoms with Crippen molar-refractivity contribution >= 4 is 23.2 Å². The van der Waals surface area contributed by atoms with Gasteiger partial charge < -0.3 is 9.47 Å². The summed E-state index contributed by atoms with van der Waals surface area (Å²) in [5.41, 5.74) is 1.83. The van der Waals surface area contributed by atoms with Crippen LogP contribution in [0.3, 0.4) is 0 Å². The largest absolute Gasteiger partial charge is 0.493 e. The minimum Gasteiger partial charge on any atom is -0.493 e. The smallest absolute Gasteiger partial charge is 0.246 e. The Balaban J connectivity index is 1.79. The van der Waals surface area contributed by atoms with Crippen molar-refractivity contribution in [1.29, 1.82) is 0 Å². The molecular weight excluding hydrogens is 364 g/mol. The Bertz CT molecular complexity index is 857. The lowest BCUT2D eigenvalue weighted by atomic mass is 10.1. The molecule has 0 radical (unpaired) electrons. The van der Waals surface area contributed by atoms with Crippen molar-refractivity contribution < 1.29 is 14.3 Å². The van der Waals surface area contributed by atoms with Crippen molar-refractivity contribution in [2.75, 3.05) is 25.2 Å². The van der Waals surface area contributed by atoms with Crippen molar-refractivity contribution in [2.45, 2.75) is 32.0 Å². The third-order valence-electron chi connectivity index (χ3n) is 5.25. The Kier molecular flexibility index (Phi) is 4.98. The molecule has 2 aliphatic rings. The molecule has 1 amide bonds. The van der Waals surface area contributed by atoms with E-state index in [2.05, 4.69) is 4.90 Å². The van der Waals surface area contributed by atoms with Gasteiger partial charge in [0.2, 0.25) is 5.91 Å². The van der Waals surface area contributed by atoms with Gasteiger partial charge in [0.25, 0.3) is 0 Å². The van der Waals surface area contributed by atoms with Crippen LogP contribution in [0.1, 0.15) is 31.5 Å². The summed E-state index contributed by atoms with van der Waals surface area (Å²) in [5.74, 6) is 1.52. The zero-order valence-electron chi connectivity index (χ0n) is 15.5. The molecule has 27 heavy (non-hydrogen) atoms. The number of amides is 1. The number of hydrogen-bond donors (Lipinski definition) is 0. The molecule has 2 aromatic carbocycles. The summed E-state index contributed by atoms with van der Waals surface area (Å²) in [6.07, 6.45) is 1.75. The van der Waals surface area contributed by atoms with Crippen molar-refractivity contribution in [3.8, 4) is 11.5 Å². The molecule has 0 N–H and O–H groups in total. The third kappa shape index (κ3) is 3.15. The predicted octanol–water partition coefficient (Wildman–Crippen LogP) is 4.26. The lowest BCUT2D eigenvalue weighted by Crippen LogP contribution is -2.32. The van der Waals surface area contributed by atoms with Crippen LogP contribution in [0.25, 0.3) is 0 Å². The van der Waals surface area contributed by atoms with Gasteiger partial charge in [-0.3, -0.25) is 14.6 Å². The summed E-state index contributed by atoms with van der Waals surface area (Å²) in [6, 6.07) is 13.3. The van der Waals surface area contributed by atoms with Crippen LogP contribution in [-0.2, 0) is 4.79 Å².